The zero-order valence-corrected chi connectivity index (χ0v) is 14.8. The van der Waals surface area contributed by atoms with Gasteiger partial charge >= 0.3 is 11.6 Å². The first kappa shape index (κ1) is 16.5. The van der Waals surface area contributed by atoms with Crippen molar-refractivity contribution in [1.82, 2.24) is 0 Å². The van der Waals surface area contributed by atoms with Gasteiger partial charge in [-0.3, -0.25) is 0 Å². The predicted molar refractivity (Wildman–Crippen MR) is 95.7 cm³/mol. The first-order valence-electron chi connectivity index (χ1n) is 7.50. The Hall–Kier alpha value is -2.40. The molecule has 0 spiro atoms. The van der Waals surface area contributed by atoms with Gasteiger partial charge in [-0.1, -0.05) is 48.0 Å². The largest absolute Gasteiger partial charge is 0.422 e. The number of para-hydroxylation sites is 1. The van der Waals surface area contributed by atoms with Crippen LogP contribution in [0.4, 0.5) is 0 Å². The Morgan fingerprint density at radius 3 is 2.62 bits per heavy atom. The van der Waals surface area contributed by atoms with Crippen molar-refractivity contribution in [3.05, 3.63) is 74.6 Å². The maximum atomic E-state index is 12.4. The summed E-state index contributed by atoms with van der Waals surface area (Å²) in [7, 11) is 0. The van der Waals surface area contributed by atoms with Crippen LogP contribution < -0.4 is 10.4 Å². The zero-order valence-electron chi connectivity index (χ0n) is 13.2. The molecule has 0 aliphatic rings. The molecule has 0 saturated carbocycles. The third-order valence-electron chi connectivity index (χ3n) is 3.66. The smallest absolute Gasteiger partial charge is 0.351 e. The molecule has 0 atom stereocenters. The molecule has 3 aromatic rings. The van der Waals surface area contributed by atoms with Crippen LogP contribution >= 0.6 is 15.9 Å². The summed E-state index contributed by atoms with van der Waals surface area (Å²) in [5.41, 5.74) is 0.483. The number of hydrogen-bond acceptors (Lipinski definition) is 4. The number of carbonyl (C=O) groups excluding carboxylic acids is 1. The van der Waals surface area contributed by atoms with E-state index in [9.17, 15) is 9.59 Å². The van der Waals surface area contributed by atoms with Crippen molar-refractivity contribution in [2.24, 2.45) is 0 Å². The molecule has 0 fully saturated rings. The van der Waals surface area contributed by atoms with Crippen LogP contribution in [0.2, 0.25) is 0 Å². The highest BCUT2D eigenvalue weighted by atomic mass is 79.9. The summed E-state index contributed by atoms with van der Waals surface area (Å²) in [6.45, 7) is 4.02. The lowest BCUT2D eigenvalue weighted by molar-refractivity contribution is 0.0728. The van der Waals surface area contributed by atoms with Gasteiger partial charge in [0.25, 0.3) is 0 Å². The van der Waals surface area contributed by atoms with Gasteiger partial charge in [-0.25, -0.2) is 9.59 Å². The quantitative estimate of drug-likeness (QED) is 0.365. The van der Waals surface area contributed by atoms with Crippen LogP contribution in [0.15, 0.2) is 62.2 Å². The molecule has 1 aromatic heterocycles. The summed E-state index contributed by atoms with van der Waals surface area (Å²) in [5, 5.41) is 0.646. The molecular formula is C19H15BrO4. The van der Waals surface area contributed by atoms with E-state index in [1.807, 2.05) is 26.0 Å². The fourth-order valence-electron chi connectivity index (χ4n) is 2.44. The van der Waals surface area contributed by atoms with Gasteiger partial charge in [0.05, 0.1) is 0 Å². The van der Waals surface area contributed by atoms with E-state index in [0.717, 1.165) is 10.0 Å². The molecule has 0 bridgehead atoms. The van der Waals surface area contributed by atoms with Crippen LogP contribution in [0.3, 0.4) is 0 Å². The predicted octanol–water partition coefficient (Wildman–Crippen LogP) is 4.90. The summed E-state index contributed by atoms with van der Waals surface area (Å²) in [4.78, 5) is 24.5. The molecule has 122 valence electrons. The van der Waals surface area contributed by atoms with Crippen molar-refractivity contribution in [2.75, 3.05) is 0 Å². The standard InChI is InChI=1S/C19H15BrO4/c1-11(2)14-5-3-4-6-17(14)24-19(22)15-10-12-9-13(20)7-8-16(12)23-18(15)21/h3-11H,1-2H3. The molecular weight excluding hydrogens is 372 g/mol. The maximum Gasteiger partial charge on any atom is 0.351 e. The monoisotopic (exact) mass is 386 g/mol. The third kappa shape index (κ3) is 3.26. The van der Waals surface area contributed by atoms with E-state index >= 15 is 0 Å². The minimum Gasteiger partial charge on any atom is -0.422 e. The third-order valence-corrected chi connectivity index (χ3v) is 4.15. The van der Waals surface area contributed by atoms with Gasteiger partial charge in [-0.05, 0) is 41.8 Å². The first-order chi connectivity index (χ1) is 11.5. The zero-order chi connectivity index (χ0) is 17.3. The highest BCUT2D eigenvalue weighted by Crippen LogP contribution is 2.27. The molecule has 0 saturated heterocycles. The number of benzene rings is 2. The summed E-state index contributed by atoms with van der Waals surface area (Å²) < 4.78 is 11.5. The van der Waals surface area contributed by atoms with E-state index in [0.29, 0.717) is 16.7 Å². The molecule has 24 heavy (non-hydrogen) atoms. The lowest BCUT2D eigenvalue weighted by atomic mass is 10.0. The molecule has 2 aromatic carbocycles. The molecule has 1 heterocycles. The maximum absolute atomic E-state index is 12.4. The SMILES string of the molecule is CC(C)c1ccccc1OC(=O)c1cc2cc(Br)ccc2oc1=O. The van der Waals surface area contributed by atoms with Crippen LogP contribution in [0.5, 0.6) is 5.75 Å². The van der Waals surface area contributed by atoms with E-state index in [4.69, 9.17) is 9.15 Å². The van der Waals surface area contributed by atoms with Crippen molar-refractivity contribution in [2.45, 2.75) is 19.8 Å². The normalized spacial score (nSPS) is 11.0. The van der Waals surface area contributed by atoms with Gasteiger partial charge in [-0.2, -0.15) is 0 Å². The fraction of sp³-hybridized carbons (Fsp3) is 0.158. The molecule has 0 unspecified atom stereocenters. The molecule has 0 aliphatic carbocycles. The van der Waals surface area contributed by atoms with Gasteiger partial charge in [0.15, 0.2) is 0 Å². The van der Waals surface area contributed by atoms with Crippen molar-refractivity contribution in [1.29, 1.82) is 0 Å². The van der Waals surface area contributed by atoms with Crippen molar-refractivity contribution in [3.8, 4) is 5.75 Å². The number of ether oxygens (including phenoxy) is 1. The first-order valence-corrected chi connectivity index (χ1v) is 8.29. The summed E-state index contributed by atoms with van der Waals surface area (Å²) in [6.07, 6.45) is 0. The summed E-state index contributed by atoms with van der Waals surface area (Å²) >= 11 is 3.36. The minimum absolute atomic E-state index is 0.126. The highest BCUT2D eigenvalue weighted by molar-refractivity contribution is 9.10. The van der Waals surface area contributed by atoms with Crippen LogP contribution in [0.25, 0.3) is 11.0 Å². The Bertz CT molecular complexity index is 973. The van der Waals surface area contributed by atoms with Crippen LogP contribution in [-0.2, 0) is 0 Å². The van der Waals surface area contributed by atoms with Gasteiger partial charge in [0, 0.05) is 9.86 Å². The Balaban J connectivity index is 2.00. The minimum atomic E-state index is -0.723. The molecule has 0 N–H and O–H groups in total. The van der Waals surface area contributed by atoms with Crippen LogP contribution in [0, 0.1) is 0 Å². The van der Waals surface area contributed by atoms with E-state index in [2.05, 4.69) is 15.9 Å². The van der Waals surface area contributed by atoms with Gasteiger partial charge in [-0.15, -0.1) is 0 Å². The number of halogens is 1. The molecule has 0 amide bonds. The van der Waals surface area contributed by atoms with E-state index in [1.54, 1.807) is 30.3 Å². The second-order valence-corrected chi connectivity index (χ2v) is 6.63. The average molecular weight is 387 g/mol. The lowest BCUT2D eigenvalue weighted by Gasteiger charge is -2.12. The van der Waals surface area contributed by atoms with E-state index < -0.39 is 11.6 Å². The van der Waals surface area contributed by atoms with Gasteiger partial charge < -0.3 is 9.15 Å². The molecule has 0 radical (unpaired) electrons. The Kier molecular flexibility index (Phi) is 4.53. The molecule has 5 heteroatoms. The topological polar surface area (TPSA) is 56.5 Å². The summed E-state index contributed by atoms with van der Waals surface area (Å²) in [6, 6.07) is 14.0. The van der Waals surface area contributed by atoms with Gasteiger partial charge in [0.2, 0.25) is 0 Å². The van der Waals surface area contributed by atoms with Crippen LogP contribution in [0.1, 0.15) is 35.7 Å². The molecule has 0 aliphatic heterocycles. The van der Waals surface area contributed by atoms with Crippen LogP contribution in [-0.4, -0.2) is 5.97 Å². The van der Waals surface area contributed by atoms with Gasteiger partial charge in [0.1, 0.15) is 16.9 Å². The number of fused-ring (bicyclic) bond motifs is 1. The Labute approximate surface area is 147 Å². The second kappa shape index (κ2) is 6.61. The van der Waals surface area contributed by atoms with Crippen molar-refractivity contribution < 1.29 is 13.9 Å². The number of rotatable bonds is 3. The average Bonchev–Trinajstić information content (AvgIpc) is 2.54. The Morgan fingerprint density at radius 2 is 1.88 bits per heavy atom. The number of carbonyl (C=O) groups is 1. The molecule has 4 nitrogen and oxygen atoms in total. The summed E-state index contributed by atoms with van der Waals surface area (Å²) in [5.74, 6) is -0.0806. The molecule has 3 rings (SSSR count). The lowest BCUT2D eigenvalue weighted by Crippen LogP contribution is -2.19. The van der Waals surface area contributed by atoms with E-state index in [1.165, 1.54) is 6.07 Å². The highest BCUT2D eigenvalue weighted by Gasteiger charge is 2.18. The Morgan fingerprint density at radius 1 is 1.12 bits per heavy atom. The fourth-order valence-corrected chi connectivity index (χ4v) is 2.82. The number of hydrogen-bond donors (Lipinski definition) is 0. The van der Waals surface area contributed by atoms with Crippen molar-refractivity contribution in [3.63, 3.8) is 0 Å². The van der Waals surface area contributed by atoms with E-state index in [-0.39, 0.29) is 11.5 Å². The van der Waals surface area contributed by atoms with Crippen molar-refractivity contribution >= 4 is 32.9 Å². The second-order valence-electron chi connectivity index (χ2n) is 5.71. The number of esters is 1.